The molecule has 0 unspecified atom stereocenters. The zero-order valence-corrected chi connectivity index (χ0v) is 9.70. The minimum atomic E-state index is -0.266. The number of hydrogen-bond donors (Lipinski definition) is 0. The fourth-order valence-electron chi connectivity index (χ4n) is 2.23. The summed E-state index contributed by atoms with van der Waals surface area (Å²) >= 11 is 5.76. The summed E-state index contributed by atoms with van der Waals surface area (Å²) in [5, 5.41) is 0.482. The first-order chi connectivity index (χ1) is 7.72. The summed E-state index contributed by atoms with van der Waals surface area (Å²) in [6, 6.07) is 3.69. The maximum Gasteiger partial charge on any atom is 0.233 e. The van der Waals surface area contributed by atoms with Crippen LogP contribution in [0.1, 0.15) is 24.8 Å². The third kappa shape index (κ3) is 1.42. The van der Waals surface area contributed by atoms with Crippen molar-refractivity contribution in [1.29, 1.82) is 0 Å². The van der Waals surface area contributed by atoms with E-state index < -0.39 is 0 Å². The second-order valence-electron chi connectivity index (χ2n) is 4.60. The number of halogens is 1. The van der Waals surface area contributed by atoms with E-state index in [1.807, 2.05) is 11.0 Å². The van der Waals surface area contributed by atoms with Crippen LogP contribution in [0.3, 0.4) is 0 Å². The molecule has 16 heavy (non-hydrogen) atoms. The summed E-state index contributed by atoms with van der Waals surface area (Å²) in [5.41, 5.74) is 0.756. The van der Waals surface area contributed by atoms with Crippen molar-refractivity contribution in [2.24, 2.45) is 0 Å². The molecule has 1 aromatic heterocycles. The van der Waals surface area contributed by atoms with Crippen LogP contribution in [0, 0.1) is 0 Å². The van der Waals surface area contributed by atoms with Crippen LogP contribution >= 0.6 is 11.6 Å². The average molecular weight is 237 g/mol. The summed E-state index contributed by atoms with van der Waals surface area (Å²) in [4.78, 5) is 18.3. The van der Waals surface area contributed by atoms with Crippen LogP contribution in [-0.2, 0) is 10.2 Å². The second-order valence-corrected chi connectivity index (χ2v) is 4.98. The lowest BCUT2D eigenvalue weighted by Gasteiger charge is -2.34. The molecular weight excluding hydrogens is 224 g/mol. The molecule has 3 rings (SSSR count). The van der Waals surface area contributed by atoms with E-state index in [9.17, 15) is 4.79 Å². The first kappa shape index (κ1) is 10.1. The van der Waals surface area contributed by atoms with Gasteiger partial charge in [-0.2, -0.15) is 0 Å². The predicted molar refractivity (Wildman–Crippen MR) is 61.4 cm³/mol. The van der Waals surface area contributed by atoms with Crippen LogP contribution in [0.15, 0.2) is 18.3 Å². The molecule has 1 amide bonds. The van der Waals surface area contributed by atoms with Gasteiger partial charge in [-0.15, -0.1) is 0 Å². The lowest BCUT2D eigenvalue weighted by molar-refractivity contribution is -0.137. The SMILES string of the molecule is O=C(N1CCC1)C1(c2ccc(Cl)nc2)CC1. The Hall–Kier alpha value is -1.09. The quantitative estimate of drug-likeness (QED) is 0.736. The van der Waals surface area contributed by atoms with Crippen molar-refractivity contribution in [3.63, 3.8) is 0 Å². The zero-order chi connectivity index (χ0) is 11.2. The van der Waals surface area contributed by atoms with Gasteiger partial charge in [0.1, 0.15) is 5.15 Å². The maximum absolute atomic E-state index is 12.3. The van der Waals surface area contributed by atoms with Gasteiger partial charge in [-0.25, -0.2) is 4.98 Å². The molecule has 1 aromatic rings. The molecule has 0 spiro atoms. The zero-order valence-electron chi connectivity index (χ0n) is 8.95. The van der Waals surface area contributed by atoms with Crippen molar-refractivity contribution in [3.8, 4) is 0 Å². The number of carbonyl (C=O) groups excluding carboxylic acids is 1. The molecule has 1 saturated carbocycles. The van der Waals surface area contributed by atoms with Crippen LogP contribution in [0.5, 0.6) is 0 Å². The highest BCUT2D eigenvalue weighted by atomic mass is 35.5. The van der Waals surface area contributed by atoms with E-state index in [2.05, 4.69) is 4.98 Å². The highest BCUT2D eigenvalue weighted by Crippen LogP contribution is 2.50. The van der Waals surface area contributed by atoms with Crippen molar-refractivity contribution in [2.45, 2.75) is 24.7 Å². The Morgan fingerprint density at radius 3 is 2.56 bits per heavy atom. The van der Waals surface area contributed by atoms with Crippen LogP contribution in [0.2, 0.25) is 5.15 Å². The van der Waals surface area contributed by atoms with Gasteiger partial charge in [-0.3, -0.25) is 4.79 Å². The molecule has 0 atom stereocenters. The molecule has 2 aliphatic rings. The number of amides is 1. The summed E-state index contributed by atoms with van der Waals surface area (Å²) in [6.07, 6.45) is 4.78. The first-order valence-electron chi connectivity index (χ1n) is 5.64. The van der Waals surface area contributed by atoms with Crippen molar-refractivity contribution >= 4 is 17.5 Å². The molecule has 0 aromatic carbocycles. The number of rotatable bonds is 2. The highest BCUT2D eigenvalue weighted by molar-refractivity contribution is 6.29. The Morgan fingerprint density at radius 1 is 1.38 bits per heavy atom. The summed E-state index contributed by atoms with van der Waals surface area (Å²) < 4.78 is 0. The van der Waals surface area contributed by atoms with Gasteiger partial charge in [0, 0.05) is 19.3 Å². The largest absolute Gasteiger partial charge is 0.342 e. The standard InChI is InChI=1S/C12H13ClN2O/c13-10-3-2-9(8-14-10)12(4-5-12)11(16)15-6-1-7-15/h2-3,8H,1,4-7H2. The van der Waals surface area contributed by atoms with Crippen LogP contribution < -0.4 is 0 Å². The number of nitrogens with zero attached hydrogens (tertiary/aromatic N) is 2. The van der Waals surface area contributed by atoms with Crippen LogP contribution in [0.25, 0.3) is 0 Å². The molecule has 0 radical (unpaired) electrons. The summed E-state index contributed by atoms with van der Waals surface area (Å²) in [7, 11) is 0. The number of likely N-dealkylation sites (tertiary alicyclic amines) is 1. The van der Waals surface area contributed by atoms with Gasteiger partial charge in [-0.1, -0.05) is 17.7 Å². The molecule has 84 valence electrons. The molecule has 0 bridgehead atoms. The fourth-order valence-corrected chi connectivity index (χ4v) is 2.34. The Morgan fingerprint density at radius 2 is 2.12 bits per heavy atom. The molecule has 2 heterocycles. The van der Waals surface area contributed by atoms with Gasteiger partial charge in [0.25, 0.3) is 0 Å². The third-order valence-corrected chi connectivity index (χ3v) is 3.81. The van der Waals surface area contributed by atoms with E-state index in [0.717, 1.165) is 37.9 Å². The molecule has 4 heteroatoms. The Kier molecular flexibility index (Phi) is 2.18. The van der Waals surface area contributed by atoms with Gasteiger partial charge >= 0.3 is 0 Å². The minimum Gasteiger partial charge on any atom is -0.342 e. The van der Waals surface area contributed by atoms with E-state index >= 15 is 0 Å². The normalized spacial score (nSPS) is 21.4. The highest BCUT2D eigenvalue weighted by Gasteiger charge is 2.53. The van der Waals surface area contributed by atoms with E-state index in [-0.39, 0.29) is 11.3 Å². The van der Waals surface area contributed by atoms with Crippen LogP contribution in [0.4, 0.5) is 0 Å². The van der Waals surface area contributed by atoms with Crippen molar-refractivity contribution < 1.29 is 4.79 Å². The molecule has 1 aliphatic carbocycles. The van der Waals surface area contributed by atoms with Crippen molar-refractivity contribution in [2.75, 3.05) is 13.1 Å². The van der Waals surface area contributed by atoms with Crippen molar-refractivity contribution in [3.05, 3.63) is 29.0 Å². The Bertz CT molecular complexity index is 421. The molecule has 2 fully saturated rings. The molecule has 3 nitrogen and oxygen atoms in total. The minimum absolute atomic E-state index is 0.266. The average Bonchev–Trinajstić information content (AvgIpc) is 2.97. The smallest absolute Gasteiger partial charge is 0.233 e. The predicted octanol–water partition coefficient (Wildman–Crippen LogP) is 2.00. The lowest BCUT2D eigenvalue weighted by Crippen LogP contribution is -2.47. The molecule has 1 saturated heterocycles. The molecule has 1 aliphatic heterocycles. The third-order valence-electron chi connectivity index (χ3n) is 3.58. The molecular formula is C12H13ClN2O. The van der Waals surface area contributed by atoms with Gasteiger partial charge in [0.15, 0.2) is 0 Å². The fraction of sp³-hybridized carbons (Fsp3) is 0.500. The van der Waals surface area contributed by atoms with E-state index in [0.29, 0.717) is 5.15 Å². The Labute approximate surface area is 99.4 Å². The lowest BCUT2D eigenvalue weighted by atomic mass is 9.94. The second kappa shape index (κ2) is 3.45. The summed E-state index contributed by atoms with van der Waals surface area (Å²) in [6.45, 7) is 1.84. The van der Waals surface area contributed by atoms with E-state index in [1.54, 1.807) is 12.3 Å². The van der Waals surface area contributed by atoms with Gasteiger partial charge in [0.05, 0.1) is 5.41 Å². The number of carbonyl (C=O) groups is 1. The van der Waals surface area contributed by atoms with Gasteiger partial charge < -0.3 is 4.90 Å². The number of aromatic nitrogens is 1. The Balaban J connectivity index is 1.87. The number of hydrogen-bond acceptors (Lipinski definition) is 2. The topological polar surface area (TPSA) is 33.2 Å². The van der Waals surface area contributed by atoms with Gasteiger partial charge in [0.2, 0.25) is 5.91 Å². The van der Waals surface area contributed by atoms with Crippen LogP contribution in [-0.4, -0.2) is 28.9 Å². The van der Waals surface area contributed by atoms with Gasteiger partial charge in [-0.05, 0) is 30.9 Å². The summed E-state index contributed by atoms with van der Waals surface area (Å²) in [5.74, 6) is 0.280. The number of pyridine rings is 1. The van der Waals surface area contributed by atoms with E-state index in [1.165, 1.54) is 0 Å². The molecule has 0 N–H and O–H groups in total. The van der Waals surface area contributed by atoms with E-state index in [4.69, 9.17) is 11.6 Å². The first-order valence-corrected chi connectivity index (χ1v) is 6.02. The monoisotopic (exact) mass is 236 g/mol. The van der Waals surface area contributed by atoms with Crippen molar-refractivity contribution in [1.82, 2.24) is 9.88 Å². The maximum atomic E-state index is 12.3.